The summed E-state index contributed by atoms with van der Waals surface area (Å²) >= 11 is 1.66. The van der Waals surface area contributed by atoms with Crippen molar-refractivity contribution in [1.82, 2.24) is 10.1 Å². The van der Waals surface area contributed by atoms with Gasteiger partial charge in [0, 0.05) is 11.3 Å². The maximum atomic E-state index is 6.14. The fraction of sp³-hybridized carbons (Fsp3) is 0.250. The van der Waals surface area contributed by atoms with E-state index in [1.165, 1.54) is 22.4 Å². The molecule has 3 aromatic rings. The number of aryl methyl sites for hydroxylation is 1. The Balaban J connectivity index is 1.66. The molecule has 1 aliphatic rings. The second kappa shape index (κ2) is 5.00. The molecule has 0 radical (unpaired) electrons. The highest BCUT2D eigenvalue weighted by molar-refractivity contribution is 7.16. The molecule has 0 saturated carbocycles. The average molecular weight is 297 g/mol. The van der Waals surface area contributed by atoms with Crippen molar-refractivity contribution >= 4 is 16.3 Å². The van der Waals surface area contributed by atoms with Crippen molar-refractivity contribution in [2.24, 2.45) is 0 Å². The van der Waals surface area contributed by atoms with E-state index in [0.29, 0.717) is 18.1 Å². The van der Waals surface area contributed by atoms with E-state index >= 15 is 0 Å². The van der Waals surface area contributed by atoms with Crippen molar-refractivity contribution in [1.29, 1.82) is 0 Å². The SMILES string of the molecule is Nc1sc2c(c1-c1nc(Cc3ccccc3)no1)CCC2. The second-order valence-electron chi connectivity index (χ2n) is 5.27. The summed E-state index contributed by atoms with van der Waals surface area (Å²) < 4.78 is 5.45. The van der Waals surface area contributed by atoms with Crippen LogP contribution in [0.4, 0.5) is 5.00 Å². The predicted octanol–water partition coefficient (Wildman–Crippen LogP) is 3.46. The van der Waals surface area contributed by atoms with Crippen LogP contribution in [0.1, 0.15) is 28.2 Å². The maximum absolute atomic E-state index is 6.14. The van der Waals surface area contributed by atoms with Gasteiger partial charge in [-0.25, -0.2) is 0 Å². The number of thiophene rings is 1. The molecular weight excluding hydrogens is 282 g/mol. The van der Waals surface area contributed by atoms with Gasteiger partial charge < -0.3 is 10.3 Å². The highest BCUT2D eigenvalue weighted by Gasteiger charge is 2.25. The Labute approximate surface area is 126 Å². The monoisotopic (exact) mass is 297 g/mol. The molecule has 0 atom stereocenters. The zero-order valence-electron chi connectivity index (χ0n) is 11.5. The van der Waals surface area contributed by atoms with Crippen molar-refractivity contribution in [3.8, 4) is 11.5 Å². The molecule has 21 heavy (non-hydrogen) atoms. The van der Waals surface area contributed by atoms with Crippen LogP contribution in [-0.2, 0) is 19.3 Å². The van der Waals surface area contributed by atoms with E-state index in [-0.39, 0.29) is 0 Å². The zero-order chi connectivity index (χ0) is 14.2. The van der Waals surface area contributed by atoms with Crippen molar-refractivity contribution < 1.29 is 4.52 Å². The molecule has 0 saturated heterocycles. The molecule has 2 heterocycles. The summed E-state index contributed by atoms with van der Waals surface area (Å²) in [6.07, 6.45) is 4.06. The number of benzene rings is 1. The first-order valence-corrected chi connectivity index (χ1v) is 7.90. The minimum Gasteiger partial charge on any atom is -0.390 e. The van der Waals surface area contributed by atoms with E-state index in [4.69, 9.17) is 10.3 Å². The molecule has 0 unspecified atom stereocenters. The highest BCUT2D eigenvalue weighted by Crippen LogP contribution is 2.42. The molecule has 4 rings (SSSR count). The van der Waals surface area contributed by atoms with Crippen LogP contribution in [0.5, 0.6) is 0 Å². The Bertz CT molecular complexity index is 776. The summed E-state index contributed by atoms with van der Waals surface area (Å²) in [5, 5.41) is 4.90. The lowest BCUT2D eigenvalue weighted by molar-refractivity contribution is 0.424. The van der Waals surface area contributed by atoms with Crippen LogP contribution in [0.2, 0.25) is 0 Å². The molecule has 0 bridgehead atoms. The van der Waals surface area contributed by atoms with Crippen LogP contribution in [0.3, 0.4) is 0 Å². The van der Waals surface area contributed by atoms with Crippen LogP contribution in [0, 0.1) is 0 Å². The third kappa shape index (κ3) is 2.23. The molecule has 1 aromatic carbocycles. The van der Waals surface area contributed by atoms with Gasteiger partial charge in [0.15, 0.2) is 5.82 Å². The lowest BCUT2D eigenvalue weighted by Crippen LogP contribution is -1.91. The highest BCUT2D eigenvalue weighted by atomic mass is 32.1. The quantitative estimate of drug-likeness (QED) is 0.804. The fourth-order valence-electron chi connectivity index (χ4n) is 2.87. The first-order chi connectivity index (χ1) is 10.3. The van der Waals surface area contributed by atoms with Crippen LogP contribution < -0.4 is 5.73 Å². The van der Waals surface area contributed by atoms with Crippen molar-refractivity contribution in [2.75, 3.05) is 5.73 Å². The number of fused-ring (bicyclic) bond motifs is 1. The molecule has 0 spiro atoms. The third-order valence-corrected chi connectivity index (χ3v) is 4.96. The van der Waals surface area contributed by atoms with Gasteiger partial charge in [0.2, 0.25) is 0 Å². The minimum atomic E-state index is 0.567. The van der Waals surface area contributed by atoms with E-state index in [0.717, 1.165) is 23.4 Å². The van der Waals surface area contributed by atoms with E-state index in [1.54, 1.807) is 11.3 Å². The number of hydrogen-bond acceptors (Lipinski definition) is 5. The smallest absolute Gasteiger partial charge is 0.261 e. The summed E-state index contributed by atoms with van der Waals surface area (Å²) in [6.45, 7) is 0. The number of hydrogen-bond donors (Lipinski definition) is 1. The fourth-order valence-corrected chi connectivity index (χ4v) is 4.02. The van der Waals surface area contributed by atoms with Gasteiger partial charge in [0.1, 0.15) is 0 Å². The van der Waals surface area contributed by atoms with Crippen LogP contribution in [0.15, 0.2) is 34.9 Å². The molecule has 5 heteroatoms. The number of nitrogens with two attached hydrogens (primary N) is 1. The Morgan fingerprint density at radius 1 is 1.19 bits per heavy atom. The van der Waals surface area contributed by atoms with Crippen LogP contribution >= 0.6 is 11.3 Å². The summed E-state index contributed by atoms with van der Waals surface area (Å²) in [6, 6.07) is 10.2. The van der Waals surface area contributed by atoms with Crippen molar-refractivity contribution in [3.05, 3.63) is 52.2 Å². The second-order valence-corrected chi connectivity index (χ2v) is 6.41. The Hall–Kier alpha value is -2.14. The van der Waals surface area contributed by atoms with Gasteiger partial charge in [-0.1, -0.05) is 35.5 Å². The van der Waals surface area contributed by atoms with E-state index in [1.807, 2.05) is 18.2 Å². The average Bonchev–Trinajstić information content (AvgIpc) is 3.16. The molecule has 0 aliphatic heterocycles. The molecule has 0 amide bonds. The molecule has 0 fully saturated rings. The summed E-state index contributed by atoms with van der Waals surface area (Å²) in [5.41, 5.74) is 9.59. The summed E-state index contributed by atoms with van der Waals surface area (Å²) in [7, 11) is 0. The van der Waals surface area contributed by atoms with Gasteiger partial charge >= 0.3 is 0 Å². The van der Waals surface area contributed by atoms with E-state index in [9.17, 15) is 0 Å². The number of nitrogens with zero attached hydrogens (tertiary/aromatic N) is 2. The third-order valence-electron chi connectivity index (χ3n) is 3.84. The minimum absolute atomic E-state index is 0.567. The van der Waals surface area contributed by atoms with Crippen molar-refractivity contribution in [2.45, 2.75) is 25.7 Å². The molecule has 2 N–H and O–H groups in total. The summed E-state index contributed by atoms with van der Waals surface area (Å²) in [4.78, 5) is 5.92. The lowest BCUT2D eigenvalue weighted by atomic mass is 10.1. The number of anilines is 1. The molecule has 4 nitrogen and oxygen atoms in total. The maximum Gasteiger partial charge on any atom is 0.261 e. The van der Waals surface area contributed by atoms with Crippen LogP contribution in [-0.4, -0.2) is 10.1 Å². The predicted molar refractivity (Wildman–Crippen MR) is 83.3 cm³/mol. The first kappa shape index (κ1) is 12.6. The largest absolute Gasteiger partial charge is 0.390 e. The first-order valence-electron chi connectivity index (χ1n) is 7.08. The topological polar surface area (TPSA) is 64.9 Å². The Morgan fingerprint density at radius 2 is 2.05 bits per heavy atom. The molecule has 106 valence electrons. The number of rotatable bonds is 3. The van der Waals surface area contributed by atoms with Crippen LogP contribution in [0.25, 0.3) is 11.5 Å². The van der Waals surface area contributed by atoms with Gasteiger partial charge in [-0.05, 0) is 30.4 Å². The normalized spacial score (nSPS) is 13.5. The van der Waals surface area contributed by atoms with E-state index < -0.39 is 0 Å². The van der Waals surface area contributed by atoms with E-state index in [2.05, 4.69) is 22.3 Å². The van der Waals surface area contributed by atoms with Gasteiger partial charge in [0.05, 0.1) is 10.6 Å². The Morgan fingerprint density at radius 3 is 2.90 bits per heavy atom. The van der Waals surface area contributed by atoms with Gasteiger partial charge in [-0.15, -0.1) is 11.3 Å². The standard InChI is InChI=1S/C16H15N3OS/c17-15-14(11-7-4-8-12(11)21-15)16-18-13(19-20-16)9-10-5-2-1-3-6-10/h1-3,5-6H,4,7-9,17H2. The number of nitrogen functional groups attached to an aromatic ring is 1. The molecule has 2 aromatic heterocycles. The lowest BCUT2D eigenvalue weighted by Gasteiger charge is -1.96. The van der Waals surface area contributed by atoms with Gasteiger partial charge in [-0.3, -0.25) is 0 Å². The molecular formula is C16H15N3OS. The zero-order valence-corrected chi connectivity index (χ0v) is 12.3. The van der Waals surface area contributed by atoms with Crippen molar-refractivity contribution in [3.63, 3.8) is 0 Å². The molecule has 1 aliphatic carbocycles. The van der Waals surface area contributed by atoms with Gasteiger partial charge in [0.25, 0.3) is 5.89 Å². The van der Waals surface area contributed by atoms with Gasteiger partial charge in [-0.2, -0.15) is 4.98 Å². The summed E-state index contributed by atoms with van der Waals surface area (Å²) in [5.74, 6) is 1.27. The Kier molecular flexibility index (Phi) is 3.00. The number of aromatic nitrogens is 2.